The van der Waals surface area contributed by atoms with Crippen molar-refractivity contribution in [1.82, 2.24) is 15.1 Å². The fourth-order valence-electron chi connectivity index (χ4n) is 3.55. The molecular weight excluding hydrogens is 450 g/mol. The van der Waals surface area contributed by atoms with Crippen LogP contribution in [0.1, 0.15) is 16.9 Å². The van der Waals surface area contributed by atoms with Crippen LogP contribution in [0.3, 0.4) is 0 Å². The predicted octanol–water partition coefficient (Wildman–Crippen LogP) is 3.80. The number of nitro groups is 1. The lowest BCUT2D eigenvalue weighted by Crippen LogP contribution is -2.31. The van der Waals surface area contributed by atoms with Crippen LogP contribution in [-0.2, 0) is 0 Å². The fourth-order valence-corrected chi connectivity index (χ4v) is 3.94. The molecule has 1 aliphatic rings. The first-order valence-corrected chi connectivity index (χ1v) is 10.4. The highest BCUT2D eigenvalue weighted by Gasteiger charge is 2.23. The van der Waals surface area contributed by atoms with E-state index in [9.17, 15) is 14.9 Å². The molecule has 1 fully saturated rings. The van der Waals surface area contributed by atoms with Crippen molar-refractivity contribution in [1.29, 1.82) is 0 Å². The monoisotopic (exact) mass is 469 g/mol. The van der Waals surface area contributed by atoms with E-state index in [1.807, 2.05) is 12.1 Å². The summed E-state index contributed by atoms with van der Waals surface area (Å²) in [5.41, 5.74) is 2.16. The molecule has 0 aliphatic carbocycles. The smallest absolute Gasteiger partial charge is 0.271 e. The van der Waals surface area contributed by atoms with Gasteiger partial charge in [-0.05, 0) is 48.7 Å². The number of non-ortho nitro benzene ring substituents is 1. The van der Waals surface area contributed by atoms with Gasteiger partial charge in [0.05, 0.1) is 10.6 Å². The second kappa shape index (κ2) is 8.66. The molecule has 1 unspecified atom stereocenters. The maximum absolute atomic E-state index is 12.5. The summed E-state index contributed by atoms with van der Waals surface area (Å²) in [6.45, 7) is 2.45. The zero-order valence-corrected chi connectivity index (χ0v) is 17.7. The molecule has 2 heterocycles. The SMILES string of the molecule is O=C(NCC1CCN(c2cccc(Br)c2)C1)c1ccn(-c2ccc([N+](=O)[O-])cc2)n1. The average molecular weight is 470 g/mol. The summed E-state index contributed by atoms with van der Waals surface area (Å²) in [5, 5.41) is 18.0. The molecule has 3 aromatic rings. The number of carbonyl (C=O) groups excluding carboxylic acids is 1. The van der Waals surface area contributed by atoms with Crippen LogP contribution in [0.15, 0.2) is 65.3 Å². The first-order valence-electron chi connectivity index (χ1n) is 9.59. The number of aromatic nitrogens is 2. The van der Waals surface area contributed by atoms with Crippen molar-refractivity contribution in [2.75, 3.05) is 24.5 Å². The highest BCUT2D eigenvalue weighted by atomic mass is 79.9. The lowest BCUT2D eigenvalue weighted by molar-refractivity contribution is -0.384. The van der Waals surface area contributed by atoms with Crippen LogP contribution in [0.5, 0.6) is 0 Å². The van der Waals surface area contributed by atoms with Gasteiger partial charge in [0.1, 0.15) is 0 Å². The maximum atomic E-state index is 12.5. The van der Waals surface area contributed by atoms with Crippen molar-refractivity contribution in [3.63, 3.8) is 0 Å². The summed E-state index contributed by atoms with van der Waals surface area (Å²) in [6, 6.07) is 15.9. The van der Waals surface area contributed by atoms with E-state index in [-0.39, 0.29) is 11.6 Å². The van der Waals surface area contributed by atoms with Crippen molar-refractivity contribution >= 4 is 33.2 Å². The molecule has 8 nitrogen and oxygen atoms in total. The molecule has 9 heteroatoms. The number of nitrogens with one attached hydrogen (secondary N) is 1. The van der Waals surface area contributed by atoms with Gasteiger partial charge in [-0.25, -0.2) is 4.68 Å². The number of nitro benzene ring substituents is 1. The van der Waals surface area contributed by atoms with Gasteiger partial charge >= 0.3 is 0 Å². The van der Waals surface area contributed by atoms with Gasteiger partial charge in [0.2, 0.25) is 0 Å². The Hall–Kier alpha value is -3.20. The van der Waals surface area contributed by atoms with Crippen molar-refractivity contribution in [3.05, 3.63) is 81.1 Å². The third kappa shape index (κ3) is 4.51. The second-order valence-corrected chi connectivity index (χ2v) is 8.13. The topological polar surface area (TPSA) is 93.3 Å². The van der Waals surface area contributed by atoms with E-state index in [1.54, 1.807) is 24.4 Å². The maximum Gasteiger partial charge on any atom is 0.271 e. The highest BCUT2D eigenvalue weighted by Crippen LogP contribution is 2.26. The Morgan fingerprint density at radius 1 is 1.20 bits per heavy atom. The minimum atomic E-state index is -0.452. The minimum absolute atomic E-state index is 0.0114. The van der Waals surface area contributed by atoms with E-state index in [0.29, 0.717) is 23.8 Å². The summed E-state index contributed by atoms with van der Waals surface area (Å²) >= 11 is 3.51. The summed E-state index contributed by atoms with van der Waals surface area (Å²) in [4.78, 5) is 25.1. The number of hydrogen-bond acceptors (Lipinski definition) is 5. The normalized spacial score (nSPS) is 15.9. The molecule has 0 saturated carbocycles. The standard InChI is InChI=1S/C21H20BrN5O3/c22-16-2-1-3-19(12-16)25-10-8-15(14-25)13-23-21(28)20-9-11-26(24-20)17-4-6-18(7-5-17)27(29)30/h1-7,9,11-12,15H,8,10,13-14H2,(H,23,28). The molecule has 4 rings (SSSR count). The average Bonchev–Trinajstić information content (AvgIpc) is 3.42. The van der Waals surface area contributed by atoms with Crippen LogP contribution in [0.2, 0.25) is 0 Å². The van der Waals surface area contributed by atoms with Gasteiger partial charge in [-0.1, -0.05) is 22.0 Å². The number of hydrogen-bond donors (Lipinski definition) is 1. The lowest BCUT2D eigenvalue weighted by Gasteiger charge is -2.19. The molecule has 1 aromatic heterocycles. The van der Waals surface area contributed by atoms with Crippen LogP contribution in [0.25, 0.3) is 5.69 Å². The Labute approximate surface area is 181 Å². The first-order chi connectivity index (χ1) is 14.5. The number of benzene rings is 2. The van der Waals surface area contributed by atoms with Gasteiger partial charge in [0.15, 0.2) is 5.69 Å². The zero-order valence-electron chi connectivity index (χ0n) is 16.1. The minimum Gasteiger partial charge on any atom is -0.371 e. The van der Waals surface area contributed by atoms with E-state index in [1.165, 1.54) is 22.5 Å². The van der Waals surface area contributed by atoms with Gasteiger partial charge in [0.25, 0.3) is 11.6 Å². The van der Waals surface area contributed by atoms with Crippen molar-refractivity contribution in [2.24, 2.45) is 5.92 Å². The molecule has 1 amide bonds. The molecule has 1 saturated heterocycles. The molecule has 1 atom stereocenters. The van der Waals surface area contributed by atoms with E-state index in [0.717, 1.165) is 24.0 Å². The van der Waals surface area contributed by atoms with E-state index in [2.05, 4.69) is 43.4 Å². The van der Waals surface area contributed by atoms with Crippen molar-refractivity contribution < 1.29 is 9.72 Å². The Kier molecular flexibility index (Phi) is 5.80. The molecular formula is C21H20BrN5O3. The number of carbonyl (C=O) groups is 1. The largest absolute Gasteiger partial charge is 0.371 e. The molecule has 1 N–H and O–H groups in total. The van der Waals surface area contributed by atoms with E-state index < -0.39 is 4.92 Å². The van der Waals surface area contributed by atoms with Crippen molar-refractivity contribution in [2.45, 2.75) is 6.42 Å². The van der Waals surface area contributed by atoms with Crippen LogP contribution in [0.4, 0.5) is 11.4 Å². The van der Waals surface area contributed by atoms with Gasteiger partial charge in [-0.2, -0.15) is 5.10 Å². The summed E-state index contributed by atoms with van der Waals surface area (Å²) in [5.74, 6) is 0.154. The van der Waals surface area contributed by atoms with Gasteiger partial charge in [-0.15, -0.1) is 0 Å². The van der Waals surface area contributed by atoms with Crippen LogP contribution < -0.4 is 10.2 Å². The molecule has 0 spiro atoms. The van der Waals surface area contributed by atoms with Crippen LogP contribution >= 0.6 is 15.9 Å². The number of nitrogens with zero attached hydrogens (tertiary/aromatic N) is 4. The van der Waals surface area contributed by atoms with Crippen LogP contribution in [0, 0.1) is 16.0 Å². The highest BCUT2D eigenvalue weighted by molar-refractivity contribution is 9.10. The number of halogens is 1. The lowest BCUT2D eigenvalue weighted by atomic mass is 10.1. The summed E-state index contributed by atoms with van der Waals surface area (Å²) in [6.07, 6.45) is 2.69. The number of anilines is 1. The Bertz CT molecular complexity index is 1070. The Morgan fingerprint density at radius 3 is 2.73 bits per heavy atom. The summed E-state index contributed by atoms with van der Waals surface area (Å²) in [7, 11) is 0. The Balaban J connectivity index is 1.32. The van der Waals surface area contributed by atoms with Gasteiger partial charge in [-0.3, -0.25) is 14.9 Å². The second-order valence-electron chi connectivity index (χ2n) is 7.21. The number of amides is 1. The molecule has 2 aromatic carbocycles. The Morgan fingerprint density at radius 2 is 2.00 bits per heavy atom. The number of rotatable bonds is 6. The van der Waals surface area contributed by atoms with Gasteiger partial charge in [0, 0.05) is 48.1 Å². The van der Waals surface area contributed by atoms with Gasteiger partial charge < -0.3 is 10.2 Å². The molecule has 154 valence electrons. The third-order valence-electron chi connectivity index (χ3n) is 5.16. The summed E-state index contributed by atoms with van der Waals surface area (Å²) < 4.78 is 2.59. The first kappa shape index (κ1) is 20.1. The van der Waals surface area contributed by atoms with Crippen molar-refractivity contribution in [3.8, 4) is 5.69 Å². The van der Waals surface area contributed by atoms with E-state index >= 15 is 0 Å². The molecule has 30 heavy (non-hydrogen) atoms. The fraction of sp³-hybridized carbons (Fsp3) is 0.238. The quantitative estimate of drug-likeness (QED) is 0.437. The zero-order chi connectivity index (χ0) is 21.1. The van der Waals surface area contributed by atoms with E-state index in [4.69, 9.17) is 0 Å². The molecule has 0 radical (unpaired) electrons. The molecule has 1 aliphatic heterocycles. The van der Waals surface area contributed by atoms with Crippen LogP contribution in [-0.4, -0.2) is 40.2 Å². The molecule has 0 bridgehead atoms. The third-order valence-corrected chi connectivity index (χ3v) is 5.65. The predicted molar refractivity (Wildman–Crippen MR) is 117 cm³/mol.